The lowest BCUT2D eigenvalue weighted by Gasteiger charge is -2.24. The monoisotopic (exact) mass is 294 g/mol. The van der Waals surface area contributed by atoms with E-state index in [2.05, 4.69) is 5.32 Å². The molecule has 0 saturated carbocycles. The molecule has 0 spiro atoms. The number of rotatable bonds is 7. The van der Waals surface area contributed by atoms with Crippen LogP contribution in [0.15, 0.2) is 24.3 Å². The van der Waals surface area contributed by atoms with Gasteiger partial charge in [-0.05, 0) is 38.1 Å². The number of carboxylic acid groups (broad SMARTS) is 1. The number of benzene rings is 1. The first-order chi connectivity index (χ1) is 9.69. The molecule has 0 atom stereocenters. The number of nitrogens with one attached hydrogen (secondary N) is 1. The van der Waals surface area contributed by atoms with Crippen LogP contribution in [-0.2, 0) is 9.59 Å². The Balaban J connectivity index is 2.66. The summed E-state index contributed by atoms with van der Waals surface area (Å²) >= 11 is 0. The Hall–Kier alpha value is -2.57. The molecule has 0 heterocycles. The third kappa shape index (κ3) is 5.94. The molecule has 114 valence electrons. The van der Waals surface area contributed by atoms with Gasteiger partial charge in [0, 0.05) is 11.1 Å². The molecule has 1 rings (SSSR count). The van der Waals surface area contributed by atoms with Gasteiger partial charge >= 0.3 is 5.97 Å². The summed E-state index contributed by atoms with van der Waals surface area (Å²) in [4.78, 5) is 33.3. The molecule has 7 nitrogen and oxygen atoms in total. The van der Waals surface area contributed by atoms with Gasteiger partial charge in [0.15, 0.2) is 6.61 Å². The van der Waals surface area contributed by atoms with Crippen molar-refractivity contribution in [2.24, 2.45) is 5.73 Å². The Morgan fingerprint density at radius 3 is 2.29 bits per heavy atom. The van der Waals surface area contributed by atoms with E-state index in [0.717, 1.165) is 0 Å². The van der Waals surface area contributed by atoms with Gasteiger partial charge < -0.3 is 20.9 Å². The van der Waals surface area contributed by atoms with E-state index in [1.165, 1.54) is 24.3 Å². The largest absolute Gasteiger partial charge is 0.484 e. The summed E-state index contributed by atoms with van der Waals surface area (Å²) in [6, 6.07) is 6.09. The summed E-state index contributed by atoms with van der Waals surface area (Å²) in [5, 5.41) is 11.4. The SMILES string of the molecule is CC(C)(CC(=O)O)NC(=O)c1ccc(OCC(N)=O)cc1. The molecule has 0 unspecified atom stereocenters. The number of nitrogens with two attached hydrogens (primary N) is 1. The quantitative estimate of drug-likeness (QED) is 0.678. The number of primary amides is 1. The van der Waals surface area contributed by atoms with Gasteiger partial charge in [-0.3, -0.25) is 14.4 Å². The highest BCUT2D eigenvalue weighted by atomic mass is 16.5. The molecule has 1 aromatic carbocycles. The lowest BCUT2D eigenvalue weighted by Crippen LogP contribution is -2.44. The first kappa shape index (κ1) is 16.5. The van der Waals surface area contributed by atoms with Crippen LogP contribution in [-0.4, -0.2) is 35.0 Å². The molecule has 21 heavy (non-hydrogen) atoms. The number of hydrogen-bond acceptors (Lipinski definition) is 4. The zero-order valence-corrected chi connectivity index (χ0v) is 11.9. The minimum Gasteiger partial charge on any atom is -0.484 e. The standard InChI is InChI=1S/C14H18N2O5/c1-14(2,7-12(18)19)16-13(20)9-3-5-10(6-4-9)21-8-11(15)17/h3-6H,7-8H2,1-2H3,(H2,15,17)(H,16,20)(H,18,19). The Morgan fingerprint density at radius 1 is 1.24 bits per heavy atom. The lowest BCUT2D eigenvalue weighted by atomic mass is 10.00. The van der Waals surface area contributed by atoms with Gasteiger partial charge in [-0.25, -0.2) is 0 Å². The summed E-state index contributed by atoms with van der Waals surface area (Å²) in [7, 11) is 0. The molecule has 0 fully saturated rings. The Kier molecular flexibility index (Phi) is 5.29. The third-order valence-corrected chi connectivity index (χ3v) is 2.54. The van der Waals surface area contributed by atoms with Crippen LogP contribution in [0.25, 0.3) is 0 Å². The molecule has 0 radical (unpaired) electrons. The Bertz CT molecular complexity index is 537. The highest BCUT2D eigenvalue weighted by molar-refractivity contribution is 5.95. The number of hydrogen-bond donors (Lipinski definition) is 3. The van der Waals surface area contributed by atoms with Gasteiger partial charge in [0.25, 0.3) is 11.8 Å². The van der Waals surface area contributed by atoms with Crippen LogP contribution >= 0.6 is 0 Å². The second-order valence-electron chi connectivity index (χ2n) is 5.19. The molecule has 0 aliphatic carbocycles. The summed E-state index contributed by atoms with van der Waals surface area (Å²) < 4.78 is 5.07. The number of carboxylic acids is 1. The fourth-order valence-corrected chi connectivity index (χ4v) is 1.66. The predicted molar refractivity (Wildman–Crippen MR) is 74.9 cm³/mol. The van der Waals surface area contributed by atoms with Crippen LogP contribution < -0.4 is 15.8 Å². The minimum atomic E-state index is -0.990. The van der Waals surface area contributed by atoms with Crippen molar-refractivity contribution in [3.05, 3.63) is 29.8 Å². The van der Waals surface area contributed by atoms with Gasteiger partial charge in [0.2, 0.25) is 0 Å². The highest BCUT2D eigenvalue weighted by Gasteiger charge is 2.24. The average molecular weight is 294 g/mol. The average Bonchev–Trinajstić information content (AvgIpc) is 2.34. The Labute approximate surface area is 122 Å². The fraction of sp³-hybridized carbons (Fsp3) is 0.357. The smallest absolute Gasteiger partial charge is 0.305 e. The summed E-state index contributed by atoms with van der Waals surface area (Å²) in [6.07, 6.45) is -0.182. The van der Waals surface area contributed by atoms with E-state index in [0.29, 0.717) is 11.3 Å². The minimum absolute atomic E-state index is 0.182. The van der Waals surface area contributed by atoms with Crippen molar-refractivity contribution < 1.29 is 24.2 Å². The number of carbonyl (C=O) groups is 3. The zero-order chi connectivity index (χ0) is 16.0. The maximum Gasteiger partial charge on any atom is 0.305 e. The topological polar surface area (TPSA) is 119 Å². The number of amides is 2. The molecule has 0 aliphatic rings. The van der Waals surface area contributed by atoms with Crippen LogP contribution in [0.4, 0.5) is 0 Å². The van der Waals surface area contributed by atoms with Gasteiger partial charge in [0.05, 0.1) is 6.42 Å². The maximum atomic E-state index is 12.0. The van der Waals surface area contributed by atoms with Crippen molar-refractivity contribution in [3.8, 4) is 5.75 Å². The molecule has 0 bridgehead atoms. The van der Waals surface area contributed by atoms with Crippen LogP contribution in [0, 0.1) is 0 Å². The van der Waals surface area contributed by atoms with E-state index in [1.807, 2.05) is 0 Å². The van der Waals surface area contributed by atoms with Crippen molar-refractivity contribution in [2.75, 3.05) is 6.61 Å². The van der Waals surface area contributed by atoms with E-state index >= 15 is 0 Å². The number of ether oxygens (including phenoxy) is 1. The molecule has 0 aliphatic heterocycles. The first-order valence-corrected chi connectivity index (χ1v) is 6.25. The first-order valence-electron chi connectivity index (χ1n) is 6.25. The lowest BCUT2D eigenvalue weighted by molar-refractivity contribution is -0.138. The van der Waals surface area contributed by atoms with Crippen LogP contribution in [0.2, 0.25) is 0 Å². The predicted octanol–water partition coefficient (Wildman–Crippen LogP) is 0.534. The van der Waals surface area contributed by atoms with E-state index in [1.54, 1.807) is 13.8 Å². The van der Waals surface area contributed by atoms with Gasteiger partial charge in [-0.15, -0.1) is 0 Å². The van der Waals surface area contributed by atoms with Crippen molar-refractivity contribution in [2.45, 2.75) is 25.8 Å². The van der Waals surface area contributed by atoms with Crippen LogP contribution in [0.5, 0.6) is 5.75 Å². The number of carbonyl (C=O) groups excluding carboxylic acids is 2. The van der Waals surface area contributed by atoms with E-state index in [-0.39, 0.29) is 18.9 Å². The van der Waals surface area contributed by atoms with E-state index in [4.69, 9.17) is 15.6 Å². The summed E-state index contributed by atoms with van der Waals surface area (Å²) in [5.74, 6) is -1.56. The third-order valence-electron chi connectivity index (χ3n) is 2.54. The molecule has 1 aromatic rings. The van der Waals surface area contributed by atoms with E-state index < -0.39 is 17.4 Å². The molecule has 4 N–H and O–H groups in total. The maximum absolute atomic E-state index is 12.0. The van der Waals surface area contributed by atoms with Gasteiger partial charge in [-0.2, -0.15) is 0 Å². The molecule has 0 aromatic heterocycles. The fourth-order valence-electron chi connectivity index (χ4n) is 1.66. The molecular formula is C14H18N2O5. The van der Waals surface area contributed by atoms with Crippen LogP contribution in [0.3, 0.4) is 0 Å². The normalized spacial score (nSPS) is 10.8. The van der Waals surface area contributed by atoms with E-state index in [9.17, 15) is 14.4 Å². The van der Waals surface area contributed by atoms with Crippen molar-refractivity contribution >= 4 is 17.8 Å². The molecule has 0 saturated heterocycles. The second kappa shape index (κ2) is 6.74. The highest BCUT2D eigenvalue weighted by Crippen LogP contribution is 2.14. The van der Waals surface area contributed by atoms with Crippen molar-refractivity contribution in [3.63, 3.8) is 0 Å². The Morgan fingerprint density at radius 2 is 1.81 bits per heavy atom. The molecule has 2 amide bonds. The van der Waals surface area contributed by atoms with Crippen molar-refractivity contribution in [1.29, 1.82) is 0 Å². The molecule has 7 heteroatoms. The summed E-state index contributed by atoms with van der Waals surface area (Å²) in [5.41, 5.74) is 4.46. The number of aliphatic carboxylic acids is 1. The van der Waals surface area contributed by atoms with Crippen LogP contribution in [0.1, 0.15) is 30.6 Å². The van der Waals surface area contributed by atoms with Gasteiger partial charge in [-0.1, -0.05) is 0 Å². The van der Waals surface area contributed by atoms with Crippen molar-refractivity contribution in [1.82, 2.24) is 5.32 Å². The summed E-state index contributed by atoms with van der Waals surface area (Å²) in [6.45, 7) is 3.02. The second-order valence-corrected chi connectivity index (χ2v) is 5.19. The molecular weight excluding hydrogens is 276 g/mol. The van der Waals surface area contributed by atoms with Gasteiger partial charge in [0.1, 0.15) is 5.75 Å². The zero-order valence-electron chi connectivity index (χ0n) is 11.9.